The van der Waals surface area contributed by atoms with Crippen LogP contribution in [0.4, 0.5) is 5.69 Å². The van der Waals surface area contributed by atoms with E-state index in [2.05, 4.69) is 0 Å². The molecule has 0 atom stereocenters. The summed E-state index contributed by atoms with van der Waals surface area (Å²) in [4.78, 5) is 14.5. The van der Waals surface area contributed by atoms with Crippen LogP contribution in [0.5, 0.6) is 0 Å². The number of hydrogen-bond donors (Lipinski definition) is 2. The fourth-order valence-electron chi connectivity index (χ4n) is 2.30. The van der Waals surface area contributed by atoms with Gasteiger partial charge in [0, 0.05) is 26.2 Å². The zero-order valence-electron chi connectivity index (χ0n) is 10.9. The van der Waals surface area contributed by atoms with Crippen molar-refractivity contribution < 1.29 is 18.3 Å². The van der Waals surface area contributed by atoms with E-state index in [1.54, 1.807) is 18.2 Å². The fourth-order valence-corrected chi connectivity index (χ4v) is 3.05. The SMILES string of the molecule is NS(=O)(=O)c1ccccc1N1CCN(CC(=O)O)CC1. The van der Waals surface area contributed by atoms with Gasteiger partial charge in [0.05, 0.1) is 12.2 Å². The summed E-state index contributed by atoms with van der Waals surface area (Å²) >= 11 is 0. The van der Waals surface area contributed by atoms with Gasteiger partial charge in [0.1, 0.15) is 4.90 Å². The third-order valence-electron chi connectivity index (χ3n) is 3.24. The van der Waals surface area contributed by atoms with Crippen molar-refractivity contribution in [2.45, 2.75) is 4.90 Å². The lowest BCUT2D eigenvalue weighted by Gasteiger charge is -2.35. The number of sulfonamides is 1. The Morgan fingerprint density at radius 3 is 2.35 bits per heavy atom. The number of aliphatic carboxylic acids is 1. The van der Waals surface area contributed by atoms with Crippen LogP contribution in [0, 0.1) is 0 Å². The molecule has 1 aromatic carbocycles. The molecule has 0 aliphatic carbocycles. The van der Waals surface area contributed by atoms with Crippen LogP contribution < -0.4 is 10.0 Å². The second kappa shape index (κ2) is 5.78. The minimum absolute atomic E-state index is 0.00464. The lowest BCUT2D eigenvalue weighted by Crippen LogP contribution is -2.48. The molecule has 110 valence electrons. The molecule has 0 amide bonds. The van der Waals surface area contributed by atoms with Crippen molar-refractivity contribution in [3.05, 3.63) is 24.3 Å². The molecule has 1 aromatic rings. The van der Waals surface area contributed by atoms with E-state index in [9.17, 15) is 13.2 Å². The molecule has 1 fully saturated rings. The third kappa shape index (κ3) is 3.47. The molecule has 1 aliphatic rings. The maximum absolute atomic E-state index is 11.6. The number of rotatable bonds is 4. The molecule has 0 spiro atoms. The molecule has 0 saturated carbocycles. The lowest BCUT2D eigenvalue weighted by molar-refractivity contribution is -0.138. The molecule has 7 nitrogen and oxygen atoms in total. The van der Waals surface area contributed by atoms with Gasteiger partial charge in [0.15, 0.2) is 0 Å². The smallest absolute Gasteiger partial charge is 0.317 e. The van der Waals surface area contributed by atoms with Gasteiger partial charge in [0.25, 0.3) is 0 Å². The van der Waals surface area contributed by atoms with E-state index in [1.165, 1.54) is 6.07 Å². The van der Waals surface area contributed by atoms with E-state index in [0.717, 1.165) is 0 Å². The van der Waals surface area contributed by atoms with E-state index in [-0.39, 0.29) is 11.4 Å². The highest BCUT2D eigenvalue weighted by Crippen LogP contribution is 2.24. The molecule has 3 N–H and O–H groups in total. The number of carboxylic acids is 1. The first-order valence-corrected chi connectivity index (χ1v) is 7.73. The number of benzene rings is 1. The number of carboxylic acid groups (broad SMARTS) is 1. The van der Waals surface area contributed by atoms with Gasteiger partial charge in [-0.25, -0.2) is 13.6 Å². The summed E-state index contributed by atoms with van der Waals surface area (Å²) in [6.45, 7) is 2.29. The molecule has 0 radical (unpaired) electrons. The van der Waals surface area contributed by atoms with Crippen molar-refractivity contribution in [2.24, 2.45) is 5.14 Å². The first-order chi connectivity index (χ1) is 9.38. The van der Waals surface area contributed by atoms with Crippen molar-refractivity contribution in [3.8, 4) is 0 Å². The number of primary sulfonamides is 1. The summed E-state index contributed by atoms with van der Waals surface area (Å²) in [6, 6.07) is 6.58. The van der Waals surface area contributed by atoms with Crippen molar-refractivity contribution >= 4 is 21.7 Å². The average molecular weight is 299 g/mol. The number of carbonyl (C=O) groups is 1. The minimum atomic E-state index is -3.76. The molecule has 2 rings (SSSR count). The van der Waals surface area contributed by atoms with E-state index >= 15 is 0 Å². The molecule has 20 heavy (non-hydrogen) atoms. The molecule has 0 bridgehead atoms. The largest absolute Gasteiger partial charge is 0.480 e. The van der Waals surface area contributed by atoms with Crippen LogP contribution in [0.25, 0.3) is 0 Å². The summed E-state index contributed by atoms with van der Waals surface area (Å²) in [5.41, 5.74) is 0.574. The van der Waals surface area contributed by atoms with Gasteiger partial charge in [0.2, 0.25) is 10.0 Å². The second-order valence-electron chi connectivity index (χ2n) is 4.67. The van der Waals surface area contributed by atoms with Crippen LogP contribution >= 0.6 is 0 Å². The van der Waals surface area contributed by atoms with E-state index in [0.29, 0.717) is 31.9 Å². The monoisotopic (exact) mass is 299 g/mol. The Labute approximate surface area is 117 Å². The maximum Gasteiger partial charge on any atom is 0.317 e. The summed E-state index contributed by atoms with van der Waals surface area (Å²) in [5.74, 6) is -0.858. The Morgan fingerprint density at radius 1 is 1.20 bits per heavy atom. The molecule has 1 saturated heterocycles. The van der Waals surface area contributed by atoms with Crippen molar-refractivity contribution in [3.63, 3.8) is 0 Å². The topological polar surface area (TPSA) is 104 Å². The van der Waals surface area contributed by atoms with Gasteiger partial charge in [-0.3, -0.25) is 9.69 Å². The number of para-hydroxylation sites is 1. The highest BCUT2D eigenvalue weighted by molar-refractivity contribution is 7.89. The predicted octanol–water partition coefficient (Wildman–Crippen LogP) is -0.459. The van der Waals surface area contributed by atoms with E-state index in [1.807, 2.05) is 9.80 Å². The standard InChI is InChI=1S/C12H17N3O4S/c13-20(18,19)11-4-2-1-3-10(11)15-7-5-14(6-8-15)9-12(16)17/h1-4H,5-9H2,(H,16,17)(H2,13,18,19). The average Bonchev–Trinajstić information content (AvgIpc) is 2.38. The van der Waals surface area contributed by atoms with Crippen molar-refractivity contribution in [1.29, 1.82) is 0 Å². The Kier molecular flexibility index (Phi) is 4.26. The van der Waals surface area contributed by atoms with Gasteiger partial charge < -0.3 is 10.0 Å². The summed E-state index contributed by atoms with van der Waals surface area (Å²) in [5, 5.41) is 14.0. The summed E-state index contributed by atoms with van der Waals surface area (Å²) in [7, 11) is -3.76. The Balaban J connectivity index is 2.14. The quantitative estimate of drug-likeness (QED) is 0.779. The van der Waals surface area contributed by atoms with Crippen molar-refractivity contribution in [2.75, 3.05) is 37.6 Å². The van der Waals surface area contributed by atoms with Gasteiger partial charge >= 0.3 is 5.97 Å². The van der Waals surface area contributed by atoms with Crippen LogP contribution in [0.2, 0.25) is 0 Å². The van der Waals surface area contributed by atoms with Gasteiger partial charge in [-0.15, -0.1) is 0 Å². The Morgan fingerprint density at radius 2 is 1.80 bits per heavy atom. The van der Waals surface area contributed by atoms with Crippen LogP contribution in [0.3, 0.4) is 0 Å². The number of hydrogen-bond acceptors (Lipinski definition) is 5. The van der Waals surface area contributed by atoms with Crippen LogP contribution in [0.1, 0.15) is 0 Å². The first kappa shape index (κ1) is 14.8. The van der Waals surface area contributed by atoms with Gasteiger partial charge in [-0.05, 0) is 12.1 Å². The van der Waals surface area contributed by atoms with Crippen LogP contribution in [-0.2, 0) is 14.8 Å². The third-order valence-corrected chi connectivity index (χ3v) is 4.20. The van der Waals surface area contributed by atoms with Crippen molar-refractivity contribution in [1.82, 2.24) is 4.90 Å². The lowest BCUT2D eigenvalue weighted by atomic mass is 10.2. The molecule has 1 aliphatic heterocycles. The maximum atomic E-state index is 11.6. The Hall–Kier alpha value is -1.64. The minimum Gasteiger partial charge on any atom is -0.480 e. The molecular formula is C12H17N3O4S. The molecule has 1 heterocycles. The molecular weight excluding hydrogens is 282 g/mol. The van der Waals surface area contributed by atoms with Crippen LogP contribution in [0.15, 0.2) is 29.2 Å². The zero-order chi connectivity index (χ0) is 14.8. The van der Waals surface area contributed by atoms with E-state index in [4.69, 9.17) is 10.2 Å². The summed E-state index contributed by atoms with van der Waals surface area (Å²) < 4.78 is 23.1. The first-order valence-electron chi connectivity index (χ1n) is 6.19. The van der Waals surface area contributed by atoms with E-state index < -0.39 is 16.0 Å². The number of piperazine rings is 1. The Bertz CT molecular complexity index is 594. The second-order valence-corrected chi connectivity index (χ2v) is 6.20. The number of nitrogens with zero attached hydrogens (tertiary/aromatic N) is 2. The van der Waals surface area contributed by atoms with Gasteiger partial charge in [-0.1, -0.05) is 12.1 Å². The normalized spacial score (nSPS) is 17.1. The molecule has 0 unspecified atom stereocenters. The molecule has 0 aromatic heterocycles. The van der Waals surface area contributed by atoms with Gasteiger partial charge in [-0.2, -0.15) is 0 Å². The molecule has 8 heteroatoms. The highest BCUT2D eigenvalue weighted by Gasteiger charge is 2.23. The zero-order valence-corrected chi connectivity index (χ0v) is 11.7. The number of anilines is 1. The van der Waals surface area contributed by atoms with Crippen LogP contribution in [-0.4, -0.2) is 57.1 Å². The predicted molar refractivity (Wildman–Crippen MR) is 74.1 cm³/mol. The number of nitrogens with two attached hydrogens (primary N) is 1. The summed E-state index contributed by atoms with van der Waals surface area (Å²) in [6.07, 6.45) is 0. The highest BCUT2D eigenvalue weighted by atomic mass is 32.2. The fraction of sp³-hybridized carbons (Fsp3) is 0.417.